The molecule has 2 aliphatic rings. The first-order valence-corrected chi connectivity index (χ1v) is 6.96. The van der Waals surface area contributed by atoms with Gasteiger partial charge in [0.15, 0.2) is 0 Å². The SMILES string of the molecule is C[C@@H]1CN(CC2CCCN2)C[C@H](C)O1.O=C(O)C(=O)O. The summed E-state index contributed by atoms with van der Waals surface area (Å²) in [5.74, 6) is -3.65. The Morgan fingerprint density at radius 2 is 1.75 bits per heavy atom. The fraction of sp³-hybridized carbons (Fsp3) is 0.846. The van der Waals surface area contributed by atoms with Crippen LogP contribution in [0.2, 0.25) is 0 Å². The van der Waals surface area contributed by atoms with E-state index in [9.17, 15) is 0 Å². The number of morpholine rings is 1. The maximum atomic E-state index is 9.10. The van der Waals surface area contributed by atoms with Gasteiger partial charge in [0.1, 0.15) is 0 Å². The molecule has 0 aromatic rings. The molecule has 0 aliphatic carbocycles. The van der Waals surface area contributed by atoms with E-state index in [-0.39, 0.29) is 0 Å². The number of carbonyl (C=O) groups is 2. The fourth-order valence-corrected chi connectivity index (χ4v) is 2.66. The molecule has 0 amide bonds. The Morgan fingerprint density at radius 3 is 2.15 bits per heavy atom. The largest absolute Gasteiger partial charge is 0.473 e. The van der Waals surface area contributed by atoms with Crippen molar-refractivity contribution in [2.24, 2.45) is 0 Å². The Morgan fingerprint density at radius 1 is 1.20 bits per heavy atom. The summed E-state index contributed by atoms with van der Waals surface area (Å²) in [6, 6.07) is 0.729. The van der Waals surface area contributed by atoms with Gasteiger partial charge in [-0.2, -0.15) is 0 Å². The van der Waals surface area contributed by atoms with Crippen molar-refractivity contribution in [2.45, 2.75) is 44.9 Å². The van der Waals surface area contributed by atoms with Crippen molar-refractivity contribution in [3.05, 3.63) is 0 Å². The number of hydrogen-bond donors (Lipinski definition) is 3. The molecule has 2 fully saturated rings. The van der Waals surface area contributed by atoms with E-state index >= 15 is 0 Å². The van der Waals surface area contributed by atoms with Gasteiger partial charge in [-0.3, -0.25) is 4.90 Å². The molecule has 116 valence electrons. The second-order valence-corrected chi connectivity index (χ2v) is 5.38. The summed E-state index contributed by atoms with van der Waals surface area (Å²) >= 11 is 0. The normalized spacial score (nSPS) is 30.4. The van der Waals surface area contributed by atoms with E-state index in [0.29, 0.717) is 12.2 Å². The minimum absolute atomic E-state index is 0.403. The van der Waals surface area contributed by atoms with Crippen molar-refractivity contribution in [2.75, 3.05) is 26.2 Å². The topological polar surface area (TPSA) is 99.1 Å². The van der Waals surface area contributed by atoms with Gasteiger partial charge in [0, 0.05) is 25.7 Å². The van der Waals surface area contributed by atoms with Crippen LogP contribution in [0.4, 0.5) is 0 Å². The molecule has 7 heteroatoms. The predicted octanol–water partition coefficient (Wildman–Crippen LogP) is 0.00320. The number of hydrogen-bond acceptors (Lipinski definition) is 5. The highest BCUT2D eigenvalue weighted by Gasteiger charge is 2.25. The van der Waals surface area contributed by atoms with E-state index in [1.807, 2.05) is 0 Å². The van der Waals surface area contributed by atoms with Crippen LogP contribution in [0.3, 0.4) is 0 Å². The number of ether oxygens (including phenoxy) is 1. The van der Waals surface area contributed by atoms with Gasteiger partial charge in [0.2, 0.25) is 0 Å². The van der Waals surface area contributed by atoms with E-state index in [4.69, 9.17) is 24.5 Å². The van der Waals surface area contributed by atoms with Gasteiger partial charge in [-0.25, -0.2) is 9.59 Å². The molecule has 2 rings (SSSR count). The number of aliphatic carboxylic acids is 2. The van der Waals surface area contributed by atoms with Gasteiger partial charge in [-0.1, -0.05) is 0 Å². The lowest BCUT2D eigenvalue weighted by Crippen LogP contribution is -2.49. The van der Waals surface area contributed by atoms with Crippen LogP contribution in [0.15, 0.2) is 0 Å². The maximum Gasteiger partial charge on any atom is 0.414 e. The van der Waals surface area contributed by atoms with Crippen molar-refractivity contribution in [1.29, 1.82) is 0 Å². The third kappa shape index (κ3) is 6.31. The molecule has 1 unspecified atom stereocenters. The van der Waals surface area contributed by atoms with Crippen LogP contribution < -0.4 is 5.32 Å². The highest BCUT2D eigenvalue weighted by Crippen LogP contribution is 2.13. The Labute approximate surface area is 118 Å². The minimum atomic E-state index is -1.82. The van der Waals surface area contributed by atoms with Crippen molar-refractivity contribution >= 4 is 11.9 Å². The van der Waals surface area contributed by atoms with Gasteiger partial charge in [-0.05, 0) is 33.2 Å². The lowest BCUT2D eigenvalue weighted by Gasteiger charge is -2.36. The highest BCUT2D eigenvalue weighted by atomic mass is 16.5. The molecule has 0 aromatic carbocycles. The van der Waals surface area contributed by atoms with Gasteiger partial charge in [0.25, 0.3) is 0 Å². The van der Waals surface area contributed by atoms with Crippen LogP contribution in [0.5, 0.6) is 0 Å². The monoisotopic (exact) mass is 288 g/mol. The molecule has 2 saturated heterocycles. The first-order chi connectivity index (χ1) is 9.38. The summed E-state index contributed by atoms with van der Waals surface area (Å²) in [4.78, 5) is 20.7. The van der Waals surface area contributed by atoms with Crippen LogP contribution in [0.1, 0.15) is 26.7 Å². The molecule has 7 nitrogen and oxygen atoms in total. The third-order valence-electron chi connectivity index (χ3n) is 3.32. The van der Waals surface area contributed by atoms with Crippen LogP contribution >= 0.6 is 0 Å². The number of carboxylic acid groups (broad SMARTS) is 2. The van der Waals surface area contributed by atoms with Crippen LogP contribution in [0.25, 0.3) is 0 Å². The van der Waals surface area contributed by atoms with Gasteiger partial charge in [0.05, 0.1) is 12.2 Å². The first-order valence-electron chi connectivity index (χ1n) is 6.96. The van der Waals surface area contributed by atoms with Gasteiger partial charge in [-0.15, -0.1) is 0 Å². The molecular formula is C13H24N2O5. The highest BCUT2D eigenvalue weighted by molar-refractivity contribution is 6.27. The summed E-state index contributed by atoms with van der Waals surface area (Å²) in [6.07, 6.45) is 3.50. The Balaban J connectivity index is 0.000000286. The van der Waals surface area contributed by atoms with Crippen molar-refractivity contribution < 1.29 is 24.5 Å². The maximum absolute atomic E-state index is 9.10. The summed E-state index contributed by atoms with van der Waals surface area (Å²) in [5.41, 5.74) is 0. The molecule has 3 atom stereocenters. The summed E-state index contributed by atoms with van der Waals surface area (Å²) in [6.45, 7) is 8.96. The number of nitrogens with one attached hydrogen (secondary N) is 1. The molecule has 0 bridgehead atoms. The smallest absolute Gasteiger partial charge is 0.414 e. The first kappa shape index (κ1) is 16.9. The summed E-state index contributed by atoms with van der Waals surface area (Å²) < 4.78 is 5.72. The van der Waals surface area contributed by atoms with E-state index in [2.05, 4.69) is 24.1 Å². The Kier molecular flexibility index (Phi) is 6.90. The van der Waals surface area contributed by atoms with Crippen LogP contribution in [-0.2, 0) is 14.3 Å². The molecule has 0 aromatic heterocycles. The van der Waals surface area contributed by atoms with Gasteiger partial charge >= 0.3 is 11.9 Å². The number of carboxylic acids is 2. The average molecular weight is 288 g/mol. The second kappa shape index (κ2) is 8.18. The lowest BCUT2D eigenvalue weighted by molar-refractivity contribution is -0.159. The zero-order valence-electron chi connectivity index (χ0n) is 12.0. The van der Waals surface area contributed by atoms with Crippen molar-refractivity contribution in [1.82, 2.24) is 10.2 Å². The molecular weight excluding hydrogens is 264 g/mol. The Hall–Kier alpha value is -1.18. The molecule has 20 heavy (non-hydrogen) atoms. The van der Waals surface area contributed by atoms with Crippen LogP contribution in [0, 0.1) is 0 Å². The molecule has 2 aliphatic heterocycles. The third-order valence-corrected chi connectivity index (χ3v) is 3.32. The van der Waals surface area contributed by atoms with E-state index in [1.165, 1.54) is 25.9 Å². The standard InChI is InChI=1S/C11H22N2O.C2H2O4/c1-9-6-13(7-10(2)14-9)8-11-4-3-5-12-11;3-1(4)2(5)6/h9-12H,3-8H2,1-2H3;(H,3,4)(H,5,6)/t9-,10+,11?;. The average Bonchev–Trinajstić information content (AvgIpc) is 2.81. The zero-order chi connectivity index (χ0) is 15.1. The lowest BCUT2D eigenvalue weighted by atomic mass is 10.1. The molecule has 0 radical (unpaired) electrons. The van der Waals surface area contributed by atoms with E-state index < -0.39 is 11.9 Å². The van der Waals surface area contributed by atoms with Crippen molar-refractivity contribution in [3.8, 4) is 0 Å². The number of rotatable bonds is 2. The number of nitrogens with zero attached hydrogens (tertiary/aromatic N) is 1. The zero-order valence-corrected chi connectivity index (χ0v) is 12.0. The molecule has 2 heterocycles. The minimum Gasteiger partial charge on any atom is -0.473 e. The summed E-state index contributed by atoms with van der Waals surface area (Å²) in [5, 5.41) is 18.3. The quantitative estimate of drug-likeness (QED) is 0.615. The molecule has 0 spiro atoms. The van der Waals surface area contributed by atoms with Gasteiger partial charge < -0.3 is 20.3 Å². The van der Waals surface area contributed by atoms with E-state index in [0.717, 1.165) is 19.1 Å². The predicted molar refractivity (Wildman–Crippen MR) is 72.7 cm³/mol. The van der Waals surface area contributed by atoms with Crippen LogP contribution in [-0.4, -0.2) is 71.5 Å². The van der Waals surface area contributed by atoms with Crippen molar-refractivity contribution in [3.63, 3.8) is 0 Å². The fourth-order valence-electron chi connectivity index (χ4n) is 2.66. The van der Waals surface area contributed by atoms with E-state index in [1.54, 1.807) is 0 Å². The summed E-state index contributed by atoms with van der Waals surface area (Å²) in [7, 11) is 0. The second-order valence-electron chi connectivity index (χ2n) is 5.38. The molecule has 0 saturated carbocycles. The molecule has 3 N–H and O–H groups in total. The Bertz CT molecular complexity index is 309.